The molecule has 30 heavy (non-hydrogen) atoms. The number of Topliss-reactive ketones (excluding diaryl/α,β-unsaturated/α-hetero) is 1. The number of aryl methyl sites for hydroxylation is 1. The van der Waals surface area contributed by atoms with Crippen LogP contribution in [-0.2, 0) is 11.2 Å². The zero-order chi connectivity index (χ0) is 21.1. The normalized spacial score (nSPS) is 19.5. The van der Waals surface area contributed by atoms with E-state index in [1.165, 1.54) is 5.56 Å². The molecule has 0 amide bonds. The predicted molar refractivity (Wildman–Crippen MR) is 121 cm³/mol. The van der Waals surface area contributed by atoms with Crippen molar-refractivity contribution in [3.8, 4) is 5.75 Å². The first-order chi connectivity index (χ1) is 14.5. The van der Waals surface area contributed by atoms with Crippen LogP contribution in [0, 0.1) is 11.8 Å². The van der Waals surface area contributed by atoms with Crippen molar-refractivity contribution in [2.24, 2.45) is 11.8 Å². The maximum Gasteiger partial charge on any atom is 0.170 e. The van der Waals surface area contributed by atoms with E-state index in [4.69, 9.17) is 9.47 Å². The highest BCUT2D eigenvalue weighted by Gasteiger charge is 2.33. The number of ketones is 1. The van der Waals surface area contributed by atoms with Gasteiger partial charge in [0.15, 0.2) is 5.78 Å². The van der Waals surface area contributed by atoms with Crippen molar-refractivity contribution in [2.75, 3.05) is 24.7 Å². The van der Waals surface area contributed by atoms with E-state index in [0.29, 0.717) is 18.3 Å². The van der Waals surface area contributed by atoms with Gasteiger partial charge in [-0.15, -0.1) is 0 Å². The average Bonchev–Trinajstić information content (AvgIpc) is 2.78. The van der Waals surface area contributed by atoms with Crippen LogP contribution in [0.4, 0.5) is 11.4 Å². The van der Waals surface area contributed by atoms with E-state index in [1.807, 2.05) is 12.1 Å². The molecule has 4 heteroatoms. The quantitative estimate of drug-likeness (QED) is 0.606. The van der Waals surface area contributed by atoms with Gasteiger partial charge in [0.2, 0.25) is 0 Å². The Bertz CT molecular complexity index is 868. The second-order valence-corrected chi connectivity index (χ2v) is 8.94. The molecule has 0 saturated carbocycles. The third kappa shape index (κ3) is 4.54. The topological polar surface area (TPSA) is 38.8 Å². The number of benzene rings is 2. The highest BCUT2D eigenvalue weighted by molar-refractivity contribution is 6.01. The van der Waals surface area contributed by atoms with Crippen LogP contribution >= 0.6 is 0 Å². The van der Waals surface area contributed by atoms with E-state index < -0.39 is 0 Å². The number of nitrogens with zero attached hydrogens (tertiary/aromatic N) is 1. The van der Waals surface area contributed by atoms with Crippen LogP contribution in [0.5, 0.6) is 5.75 Å². The molecule has 0 aromatic heterocycles. The summed E-state index contributed by atoms with van der Waals surface area (Å²) in [5.41, 5.74) is 4.25. The molecule has 2 aliphatic heterocycles. The third-order valence-electron chi connectivity index (χ3n) is 6.24. The Morgan fingerprint density at radius 1 is 1.03 bits per heavy atom. The second-order valence-electron chi connectivity index (χ2n) is 8.94. The fourth-order valence-corrected chi connectivity index (χ4v) is 4.49. The monoisotopic (exact) mass is 407 g/mol. The van der Waals surface area contributed by atoms with Crippen molar-refractivity contribution in [3.05, 3.63) is 53.6 Å². The van der Waals surface area contributed by atoms with Gasteiger partial charge in [-0.05, 0) is 61.1 Å². The van der Waals surface area contributed by atoms with Gasteiger partial charge in [-0.3, -0.25) is 4.79 Å². The Kier molecular flexibility index (Phi) is 6.43. The summed E-state index contributed by atoms with van der Waals surface area (Å²) in [4.78, 5) is 15.3. The van der Waals surface area contributed by atoms with Gasteiger partial charge in [0.1, 0.15) is 11.9 Å². The number of anilines is 2. The smallest absolute Gasteiger partial charge is 0.170 e. The molecule has 160 valence electrons. The largest absolute Gasteiger partial charge is 0.489 e. The summed E-state index contributed by atoms with van der Waals surface area (Å²) in [6.07, 6.45) is 3.43. The van der Waals surface area contributed by atoms with Gasteiger partial charge in [-0.25, -0.2) is 0 Å². The van der Waals surface area contributed by atoms with Crippen molar-refractivity contribution >= 4 is 17.2 Å². The van der Waals surface area contributed by atoms with Crippen molar-refractivity contribution in [1.29, 1.82) is 0 Å². The zero-order valence-corrected chi connectivity index (χ0v) is 18.4. The van der Waals surface area contributed by atoms with Gasteiger partial charge in [0, 0.05) is 43.5 Å². The number of hydrogen-bond donors (Lipinski definition) is 0. The Labute approximate surface area is 180 Å². The predicted octanol–water partition coefficient (Wildman–Crippen LogP) is 5.80. The van der Waals surface area contributed by atoms with E-state index >= 15 is 0 Å². The van der Waals surface area contributed by atoms with E-state index in [1.54, 1.807) is 0 Å². The lowest BCUT2D eigenvalue weighted by Gasteiger charge is -2.34. The second kappa shape index (κ2) is 9.22. The first kappa shape index (κ1) is 20.9. The van der Waals surface area contributed by atoms with Crippen LogP contribution in [0.25, 0.3) is 0 Å². The molecule has 2 aromatic carbocycles. The Balaban J connectivity index is 1.60. The number of rotatable bonds is 6. The first-order valence-electron chi connectivity index (χ1n) is 11.3. The van der Waals surface area contributed by atoms with E-state index in [9.17, 15) is 4.79 Å². The molecular formula is C26H33NO3. The average molecular weight is 408 g/mol. The van der Waals surface area contributed by atoms with E-state index in [-0.39, 0.29) is 11.9 Å². The van der Waals surface area contributed by atoms with E-state index in [2.05, 4.69) is 56.0 Å². The van der Waals surface area contributed by atoms with Crippen molar-refractivity contribution in [1.82, 2.24) is 0 Å². The summed E-state index contributed by atoms with van der Waals surface area (Å²) in [6.45, 7) is 9.04. The maximum absolute atomic E-state index is 13.0. The summed E-state index contributed by atoms with van der Waals surface area (Å²) < 4.78 is 11.8. The molecule has 1 fully saturated rings. The molecule has 1 atom stereocenters. The maximum atomic E-state index is 13.0. The van der Waals surface area contributed by atoms with Crippen LogP contribution in [0.2, 0.25) is 0 Å². The van der Waals surface area contributed by atoms with Gasteiger partial charge in [-0.2, -0.15) is 0 Å². The number of carbonyl (C=O) groups excluding carboxylic acids is 1. The molecule has 4 rings (SSSR count). The van der Waals surface area contributed by atoms with Crippen molar-refractivity contribution in [3.63, 3.8) is 0 Å². The van der Waals surface area contributed by atoms with Crippen LogP contribution in [0.3, 0.4) is 0 Å². The lowest BCUT2D eigenvalue weighted by Crippen LogP contribution is -2.37. The van der Waals surface area contributed by atoms with Crippen LogP contribution < -0.4 is 9.64 Å². The van der Waals surface area contributed by atoms with Crippen molar-refractivity contribution in [2.45, 2.75) is 52.6 Å². The summed E-state index contributed by atoms with van der Waals surface area (Å²) in [7, 11) is 0. The molecule has 0 spiro atoms. The van der Waals surface area contributed by atoms with Crippen molar-refractivity contribution < 1.29 is 14.3 Å². The highest BCUT2D eigenvalue weighted by Crippen LogP contribution is 2.37. The molecule has 2 aromatic rings. The fourth-order valence-electron chi connectivity index (χ4n) is 4.49. The van der Waals surface area contributed by atoms with Gasteiger partial charge in [0.05, 0.1) is 5.56 Å². The molecule has 2 aliphatic rings. The summed E-state index contributed by atoms with van der Waals surface area (Å²) in [5, 5.41) is 0. The summed E-state index contributed by atoms with van der Waals surface area (Å²) >= 11 is 0. The van der Waals surface area contributed by atoms with Crippen LogP contribution in [0.1, 0.15) is 56.0 Å². The number of hydrogen-bond acceptors (Lipinski definition) is 4. The lowest BCUT2D eigenvalue weighted by atomic mass is 9.87. The molecular weight excluding hydrogens is 374 g/mol. The summed E-state index contributed by atoms with van der Waals surface area (Å²) in [5.74, 6) is 1.83. The number of fused-ring (bicyclic) bond motifs is 1. The molecule has 0 bridgehead atoms. The minimum Gasteiger partial charge on any atom is -0.489 e. The third-order valence-corrected chi connectivity index (χ3v) is 6.24. The van der Waals surface area contributed by atoms with Crippen LogP contribution in [0.15, 0.2) is 42.5 Å². The van der Waals surface area contributed by atoms with Crippen LogP contribution in [-0.4, -0.2) is 31.6 Å². The fraction of sp³-hybridized carbons (Fsp3) is 0.500. The highest BCUT2D eigenvalue weighted by atomic mass is 16.5. The minimum atomic E-state index is -0.0203. The lowest BCUT2D eigenvalue weighted by molar-refractivity contribution is 0.0120. The molecule has 0 radical (unpaired) electrons. The van der Waals surface area contributed by atoms with Gasteiger partial charge in [0.25, 0.3) is 0 Å². The van der Waals surface area contributed by atoms with Gasteiger partial charge < -0.3 is 14.4 Å². The Morgan fingerprint density at radius 3 is 2.40 bits per heavy atom. The molecule has 1 unspecified atom stereocenters. The standard InChI is InChI=1S/C26H33NO3/c1-4-19-5-7-21(8-6-19)27(17-18(2)3)22-9-10-25-23(15-22)24(28)16-26(30-25)20-11-13-29-14-12-20/h5-10,15,18,20,26H,4,11-14,16-17H2,1-3H3. The number of ether oxygens (including phenoxy) is 2. The van der Waals surface area contributed by atoms with Gasteiger partial charge in [-0.1, -0.05) is 32.9 Å². The Morgan fingerprint density at radius 2 is 1.73 bits per heavy atom. The zero-order valence-electron chi connectivity index (χ0n) is 18.4. The molecule has 4 nitrogen and oxygen atoms in total. The molecule has 2 heterocycles. The Hall–Kier alpha value is -2.33. The first-order valence-corrected chi connectivity index (χ1v) is 11.3. The SMILES string of the molecule is CCc1ccc(N(CC(C)C)c2ccc3c(c2)C(=O)CC(C2CCOCC2)O3)cc1. The summed E-state index contributed by atoms with van der Waals surface area (Å²) in [6, 6.07) is 14.8. The molecule has 0 aliphatic carbocycles. The minimum absolute atomic E-state index is 0.0203. The number of carbonyl (C=O) groups is 1. The van der Waals surface area contributed by atoms with Gasteiger partial charge >= 0.3 is 0 Å². The molecule has 1 saturated heterocycles. The molecule has 0 N–H and O–H groups in total. The van der Waals surface area contributed by atoms with E-state index in [0.717, 1.165) is 61.7 Å².